The van der Waals surface area contributed by atoms with Gasteiger partial charge in [-0.15, -0.1) is 0 Å². The molecule has 0 radical (unpaired) electrons. The lowest BCUT2D eigenvalue weighted by Gasteiger charge is -2.37. The summed E-state index contributed by atoms with van der Waals surface area (Å²) in [5.74, 6) is 0.154. The molecule has 5 nitrogen and oxygen atoms in total. The molecule has 126 valence electrons. The molecule has 0 aromatic heterocycles. The van der Waals surface area contributed by atoms with Gasteiger partial charge in [0.05, 0.1) is 22.7 Å². The normalized spacial score (nSPS) is 26.4. The molecule has 2 fully saturated rings. The molecule has 2 aliphatic rings. The number of aliphatic hydroxyl groups excluding tert-OH is 1. The molecular formula is C16H20Cl2N2O3. The van der Waals surface area contributed by atoms with Gasteiger partial charge in [0.25, 0.3) is 0 Å². The van der Waals surface area contributed by atoms with Crippen molar-refractivity contribution in [2.75, 3.05) is 26.2 Å². The van der Waals surface area contributed by atoms with Crippen molar-refractivity contribution in [3.05, 3.63) is 27.7 Å². The van der Waals surface area contributed by atoms with Crippen molar-refractivity contribution < 1.29 is 15.0 Å². The van der Waals surface area contributed by atoms with Gasteiger partial charge in [-0.25, -0.2) is 0 Å². The van der Waals surface area contributed by atoms with E-state index in [0.717, 1.165) is 13.0 Å². The van der Waals surface area contributed by atoms with Gasteiger partial charge < -0.3 is 15.1 Å². The molecule has 0 aliphatic carbocycles. The number of benzene rings is 1. The van der Waals surface area contributed by atoms with Crippen LogP contribution in [0.1, 0.15) is 24.8 Å². The van der Waals surface area contributed by atoms with Crippen LogP contribution in [-0.2, 0) is 4.79 Å². The van der Waals surface area contributed by atoms with Crippen LogP contribution in [0.15, 0.2) is 12.1 Å². The molecule has 2 heterocycles. The highest BCUT2D eigenvalue weighted by Gasteiger charge is 2.42. The summed E-state index contributed by atoms with van der Waals surface area (Å²) in [5, 5.41) is 20.5. The van der Waals surface area contributed by atoms with Crippen LogP contribution in [0.5, 0.6) is 5.75 Å². The number of aliphatic hydroxyl groups is 1. The number of carbonyl (C=O) groups is 1. The lowest BCUT2D eigenvalue weighted by atomic mass is 9.95. The Balaban J connectivity index is 1.81. The average Bonchev–Trinajstić information content (AvgIpc) is 2.87. The van der Waals surface area contributed by atoms with Gasteiger partial charge in [-0.05, 0) is 25.5 Å². The Morgan fingerprint density at radius 1 is 1.35 bits per heavy atom. The SMILES string of the molecule is C[C@@H](O)CN1CC(=O)N2C[C@@H](c3c(O)ccc(Cl)c3Cl)C[C@H]2C1. The highest BCUT2D eigenvalue weighted by molar-refractivity contribution is 6.42. The summed E-state index contributed by atoms with van der Waals surface area (Å²) < 4.78 is 0. The summed E-state index contributed by atoms with van der Waals surface area (Å²) >= 11 is 12.3. The second kappa shape index (κ2) is 6.48. The highest BCUT2D eigenvalue weighted by atomic mass is 35.5. The third-order valence-corrected chi connectivity index (χ3v) is 5.42. The van der Waals surface area contributed by atoms with E-state index >= 15 is 0 Å². The molecule has 2 N–H and O–H groups in total. The molecule has 0 bridgehead atoms. The number of piperazine rings is 1. The predicted molar refractivity (Wildman–Crippen MR) is 89.1 cm³/mol. The van der Waals surface area contributed by atoms with E-state index < -0.39 is 6.10 Å². The molecule has 23 heavy (non-hydrogen) atoms. The second-order valence-corrected chi connectivity index (χ2v) is 7.25. The Morgan fingerprint density at radius 2 is 2.09 bits per heavy atom. The van der Waals surface area contributed by atoms with E-state index in [0.29, 0.717) is 35.2 Å². The number of hydrogen-bond acceptors (Lipinski definition) is 4. The molecule has 0 unspecified atom stereocenters. The molecule has 0 saturated carbocycles. The zero-order valence-electron chi connectivity index (χ0n) is 12.9. The Morgan fingerprint density at radius 3 is 2.78 bits per heavy atom. The van der Waals surface area contributed by atoms with Gasteiger partial charge in [0.2, 0.25) is 5.91 Å². The summed E-state index contributed by atoms with van der Waals surface area (Å²) in [6.07, 6.45) is 0.272. The van der Waals surface area contributed by atoms with Crippen molar-refractivity contribution in [1.82, 2.24) is 9.80 Å². The molecule has 7 heteroatoms. The van der Waals surface area contributed by atoms with Crippen LogP contribution >= 0.6 is 23.2 Å². The zero-order chi connectivity index (χ0) is 16.7. The number of aromatic hydroxyl groups is 1. The maximum atomic E-state index is 12.4. The van der Waals surface area contributed by atoms with Gasteiger partial charge >= 0.3 is 0 Å². The van der Waals surface area contributed by atoms with Crippen LogP contribution < -0.4 is 0 Å². The number of halogens is 2. The smallest absolute Gasteiger partial charge is 0.237 e. The monoisotopic (exact) mass is 358 g/mol. The number of hydrogen-bond donors (Lipinski definition) is 2. The minimum absolute atomic E-state index is 0.0263. The zero-order valence-corrected chi connectivity index (χ0v) is 14.4. The van der Waals surface area contributed by atoms with Gasteiger partial charge in [-0.1, -0.05) is 23.2 Å². The van der Waals surface area contributed by atoms with E-state index in [4.69, 9.17) is 23.2 Å². The van der Waals surface area contributed by atoms with Crippen LogP contribution in [0.25, 0.3) is 0 Å². The quantitative estimate of drug-likeness (QED) is 0.868. The molecule has 0 spiro atoms. The van der Waals surface area contributed by atoms with Crippen molar-refractivity contribution in [3.63, 3.8) is 0 Å². The number of rotatable bonds is 3. The fourth-order valence-corrected chi connectivity index (χ4v) is 4.19. The molecule has 1 amide bonds. The van der Waals surface area contributed by atoms with Gasteiger partial charge in [0, 0.05) is 37.2 Å². The molecule has 3 rings (SSSR count). The van der Waals surface area contributed by atoms with E-state index in [-0.39, 0.29) is 23.6 Å². The first-order chi connectivity index (χ1) is 10.9. The third-order valence-electron chi connectivity index (χ3n) is 4.60. The Hall–Kier alpha value is -1.01. The largest absolute Gasteiger partial charge is 0.508 e. The maximum Gasteiger partial charge on any atom is 0.237 e. The van der Waals surface area contributed by atoms with Gasteiger partial charge in [-0.3, -0.25) is 9.69 Å². The number of nitrogens with zero attached hydrogens (tertiary/aromatic N) is 2. The number of fused-ring (bicyclic) bond motifs is 1. The molecule has 1 aromatic carbocycles. The summed E-state index contributed by atoms with van der Waals surface area (Å²) in [6, 6.07) is 3.19. The Labute approximate surface area is 145 Å². The lowest BCUT2D eigenvalue weighted by molar-refractivity contribution is -0.138. The molecule has 2 aliphatic heterocycles. The van der Waals surface area contributed by atoms with Crippen molar-refractivity contribution in [1.29, 1.82) is 0 Å². The molecule has 1 aromatic rings. The van der Waals surface area contributed by atoms with E-state index in [1.807, 2.05) is 9.80 Å². The van der Waals surface area contributed by atoms with E-state index in [1.54, 1.807) is 19.1 Å². The lowest BCUT2D eigenvalue weighted by Crippen LogP contribution is -2.54. The second-order valence-electron chi connectivity index (χ2n) is 6.47. The average molecular weight is 359 g/mol. The number of β-amino-alcohol motifs (C(OH)–C–C–N with tert-alkyl or cyclic N) is 1. The van der Waals surface area contributed by atoms with Crippen LogP contribution in [0.2, 0.25) is 10.0 Å². The maximum absolute atomic E-state index is 12.4. The highest BCUT2D eigenvalue weighted by Crippen LogP contribution is 2.43. The van der Waals surface area contributed by atoms with E-state index in [2.05, 4.69) is 0 Å². The fraction of sp³-hybridized carbons (Fsp3) is 0.562. The van der Waals surface area contributed by atoms with Crippen LogP contribution in [0.3, 0.4) is 0 Å². The Bertz CT molecular complexity index is 624. The van der Waals surface area contributed by atoms with Crippen molar-refractivity contribution >= 4 is 29.1 Å². The van der Waals surface area contributed by atoms with Crippen molar-refractivity contribution in [2.24, 2.45) is 0 Å². The summed E-state index contributed by atoms with van der Waals surface area (Å²) in [5.41, 5.74) is 0.628. The summed E-state index contributed by atoms with van der Waals surface area (Å²) in [6.45, 7) is 3.80. The van der Waals surface area contributed by atoms with Gasteiger partial charge in [0.15, 0.2) is 0 Å². The van der Waals surface area contributed by atoms with Crippen molar-refractivity contribution in [2.45, 2.75) is 31.4 Å². The summed E-state index contributed by atoms with van der Waals surface area (Å²) in [4.78, 5) is 16.2. The minimum Gasteiger partial charge on any atom is -0.508 e. The van der Waals surface area contributed by atoms with Crippen LogP contribution in [0, 0.1) is 0 Å². The van der Waals surface area contributed by atoms with Crippen LogP contribution in [-0.4, -0.2) is 64.2 Å². The first kappa shape index (κ1) is 16.8. The number of carbonyl (C=O) groups excluding carboxylic acids is 1. The molecular weight excluding hydrogens is 339 g/mol. The number of amides is 1. The van der Waals surface area contributed by atoms with Crippen molar-refractivity contribution in [3.8, 4) is 5.75 Å². The number of phenolic OH excluding ortho intramolecular Hbond substituents is 1. The van der Waals surface area contributed by atoms with Gasteiger partial charge in [-0.2, -0.15) is 0 Å². The topological polar surface area (TPSA) is 64.0 Å². The summed E-state index contributed by atoms with van der Waals surface area (Å²) in [7, 11) is 0. The van der Waals surface area contributed by atoms with E-state index in [9.17, 15) is 15.0 Å². The van der Waals surface area contributed by atoms with Gasteiger partial charge in [0.1, 0.15) is 5.75 Å². The number of phenols is 1. The first-order valence-electron chi connectivity index (χ1n) is 7.73. The molecule has 3 atom stereocenters. The fourth-order valence-electron chi connectivity index (χ4n) is 3.71. The van der Waals surface area contributed by atoms with E-state index in [1.165, 1.54) is 0 Å². The first-order valence-corrected chi connectivity index (χ1v) is 8.49. The Kier molecular flexibility index (Phi) is 4.74. The molecule has 2 saturated heterocycles. The predicted octanol–water partition coefficient (Wildman–Crippen LogP) is 2.08. The minimum atomic E-state index is -0.460. The third kappa shape index (κ3) is 3.29. The van der Waals surface area contributed by atoms with Crippen LogP contribution in [0.4, 0.5) is 0 Å². The standard InChI is InChI=1S/C16H20Cl2N2O3/c1-9(21)5-19-7-11-4-10(6-20(11)14(23)8-19)15-13(22)3-2-12(17)16(15)18/h2-3,9-11,21-22H,4-8H2,1H3/t9-,10+,11+/m1/s1.